The standard InChI is InChI=1S/C31H39N3O5/c1-36-24-8-9-27-25(18-24)22(20-32-27)7-10-28-26-19-30(39-23-5-3-4-6-23)29(37-2)17-21(26)11-12-34(28)31(35)33-13-15-38-16-14-33/h8-9,17-20,23,28,32H,3-7,10-16H2,1-2H3. The number of ether oxygens (including phenoxy) is 4. The fourth-order valence-electron chi connectivity index (χ4n) is 6.41. The molecule has 6 rings (SSSR count). The highest BCUT2D eigenvalue weighted by atomic mass is 16.5. The zero-order chi connectivity index (χ0) is 26.8. The second kappa shape index (κ2) is 11.4. The van der Waals surface area contributed by atoms with Gasteiger partial charge in [0.1, 0.15) is 5.75 Å². The lowest BCUT2D eigenvalue weighted by Crippen LogP contribution is -2.51. The summed E-state index contributed by atoms with van der Waals surface area (Å²) < 4.78 is 23.3. The molecule has 39 heavy (non-hydrogen) atoms. The Balaban J connectivity index is 1.33. The van der Waals surface area contributed by atoms with Gasteiger partial charge in [-0.1, -0.05) is 0 Å². The van der Waals surface area contributed by atoms with Crippen LogP contribution in [0, 0.1) is 0 Å². The number of hydrogen-bond acceptors (Lipinski definition) is 5. The zero-order valence-corrected chi connectivity index (χ0v) is 23.0. The van der Waals surface area contributed by atoms with Crippen LogP contribution in [0.1, 0.15) is 54.8 Å². The molecular weight excluding hydrogens is 494 g/mol. The molecule has 8 heteroatoms. The van der Waals surface area contributed by atoms with Gasteiger partial charge in [-0.05, 0) is 92.0 Å². The highest BCUT2D eigenvalue weighted by Crippen LogP contribution is 2.42. The number of morpholine rings is 1. The van der Waals surface area contributed by atoms with Gasteiger partial charge in [-0.15, -0.1) is 0 Å². The molecule has 3 heterocycles. The Morgan fingerprint density at radius 1 is 1.03 bits per heavy atom. The van der Waals surface area contributed by atoms with Crippen molar-refractivity contribution in [3.05, 3.63) is 53.2 Å². The van der Waals surface area contributed by atoms with Crippen LogP contribution in [0.4, 0.5) is 4.79 Å². The number of methoxy groups -OCH3 is 2. The molecule has 8 nitrogen and oxygen atoms in total. The van der Waals surface area contributed by atoms with Crippen LogP contribution >= 0.6 is 0 Å². The van der Waals surface area contributed by atoms with Crippen molar-refractivity contribution < 1.29 is 23.7 Å². The predicted octanol–water partition coefficient (Wildman–Crippen LogP) is 5.49. The maximum Gasteiger partial charge on any atom is 0.320 e. The van der Waals surface area contributed by atoms with Crippen LogP contribution in [-0.4, -0.2) is 74.0 Å². The summed E-state index contributed by atoms with van der Waals surface area (Å²) in [6.07, 6.45) is 9.32. The summed E-state index contributed by atoms with van der Waals surface area (Å²) in [5, 5.41) is 1.16. The van der Waals surface area contributed by atoms with Gasteiger partial charge in [0.25, 0.3) is 0 Å². The van der Waals surface area contributed by atoms with Crippen LogP contribution in [0.2, 0.25) is 0 Å². The van der Waals surface area contributed by atoms with Crippen LogP contribution in [0.25, 0.3) is 10.9 Å². The molecule has 3 aliphatic rings. The minimum Gasteiger partial charge on any atom is -0.497 e. The number of carbonyl (C=O) groups is 1. The lowest BCUT2D eigenvalue weighted by atomic mass is 9.88. The summed E-state index contributed by atoms with van der Waals surface area (Å²) >= 11 is 0. The molecule has 2 aromatic carbocycles. The van der Waals surface area contributed by atoms with Crippen molar-refractivity contribution >= 4 is 16.9 Å². The predicted molar refractivity (Wildman–Crippen MR) is 150 cm³/mol. The molecule has 0 spiro atoms. The average Bonchev–Trinajstić information content (AvgIpc) is 3.65. The molecule has 208 valence electrons. The number of urea groups is 1. The first-order valence-corrected chi connectivity index (χ1v) is 14.3. The van der Waals surface area contributed by atoms with Gasteiger partial charge in [0, 0.05) is 36.7 Å². The highest BCUT2D eigenvalue weighted by Gasteiger charge is 2.35. The number of carbonyl (C=O) groups excluding carboxylic acids is 1. The average molecular weight is 534 g/mol. The number of benzene rings is 2. The smallest absolute Gasteiger partial charge is 0.320 e. The first-order valence-electron chi connectivity index (χ1n) is 14.3. The lowest BCUT2D eigenvalue weighted by Gasteiger charge is -2.41. The van der Waals surface area contributed by atoms with Crippen LogP contribution in [0.3, 0.4) is 0 Å². The quantitative estimate of drug-likeness (QED) is 0.435. The number of aromatic amines is 1. The monoisotopic (exact) mass is 533 g/mol. The molecule has 0 bridgehead atoms. The fraction of sp³-hybridized carbons (Fsp3) is 0.516. The Bertz CT molecular complexity index is 1310. The van der Waals surface area contributed by atoms with Crippen LogP contribution in [-0.2, 0) is 17.6 Å². The SMILES string of the molecule is COc1ccc2[nH]cc(CCC3c4cc(OC5CCCC5)c(OC)cc4CCN3C(=O)N3CCOCC3)c2c1. The van der Waals surface area contributed by atoms with Gasteiger partial charge in [-0.2, -0.15) is 0 Å². The van der Waals surface area contributed by atoms with Crippen molar-refractivity contribution in [2.24, 2.45) is 0 Å². The van der Waals surface area contributed by atoms with Gasteiger partial charge < -0.3 is 33.7 Å². The van der Waals surface area contributed by atoms with E-state index in [1.807, 2.05) is 11.0 Å². The number of H-pyrrole nitrogens is 1. The molecule has 2 aliphatic heterocycles. The molecule has 1 saturated heterocycles. The summed E-state index contributed by atoms with van der Waals surface area (Å²) in [6, 6.07) is 10.5. The Hall–Kier alpha value is -3.39. The summed E-state index contributed by atoms with van der Waals surface area (Å²) in [5.74, 6) is 2.43. The van der Waals surface area contributed by atoms with E-state index in [-0.39, 0.29) is 18.2 Å². The van der Waals surface area contributed by atoms with Gasteiger partial charge in [0.2, 0.25) is 0 Å². The van der Waals surface area contributed by atoms with E-state index in [0.717, 1.165) is 60.3 Å². The molecule has 1 aromatic heterocycles. The van der Waals surface area contributed by atoms with Gasteiger partial charge >= 0.3 is 6.03 Å². The van der Waals surface area contributed by atoms with Crippen molar-refractivity contribution in [2.45, 2.75) is 57.1 Å². The molecule has 2 amide bonds. The zero-order valence-electron chi connectivity index (χ0n) is 23.0. The van der Waals surface area contributed by atoms with Crippen LogP contribution in [0.5, 0.6) is 17.2 Å². The highest BCUT2D eigenvalue weighted by molar-refractivity contribution is 5.84. The third-order valence-corrected chi connectivity index (χ3v) is 8.57. The number of fused-ring (bicyclic) bond motifs is 2. The minimum atomic E-state index is -0.0588. The number of hydrogen-bond donors (Lipinski definition) is 1. The van der Waals surface area contributed by atoms with E-state index in [1.54, 1.807) is 14.2 Å². The summed E-state index contributed by atoms with van der Waals surface area (Å²) in [5.41, 5.74) is 4.73. The van der Waals surface area contributed by atoms with Gasteiger partial charge in [-0.3, -0.25) is 0 Å². The molecule has 1 saturated carbocycles. The van der Waals surface area contributed by atoms with Crippen LogP contribution in [0.15, 0.2) is 36.5 Å². The van der Waals surface area contributed by atoms with Gasteiger partial charge in [0.05, 0.1) is 39.6 Å². The van der Waals surface area contributed by atoms with E-state index in [0.29, 0.717) is 32.8 Å². The maximum absolute atomic E-state index is 13.8. The Morgan fingerprint density at radius 3 is 2.62 bits per heavy atom. The maximum atomic E-state index is 13.8. The molecular formula is C31H39N3O5. The third kappa shape index (κ3) is 5.26. The molecule has 0 radical (unpaired) electrons. The van der Waals surface area contributed by atoms with E-state index < -0.39 is 0 Å². The largest absolute Gasteiger partial charge is 0.497 e. The minimum absolute atomic E-state index is 0.0588. The van der Waals surface area contributed by atoms with Crippen molar-refractivity contribution in [2.75, 3.05) is 47.1 Å². The number of rotatable bonds is 7. The first-order chi connectivity index (χ1) is 19.1. The van der Waals surface area contributed by atoms with Crippen molar-refractivity contribution in [3.8, 4) is 17.2 Å². The molecule has 1 unspecified atom stereocenters. The topological polar surface area (TPSA) is 76.3 Å². The number of nitrogens with one attached hydrogen (secondary N) is 1. The van der Waals surface area contributed by atoms with Crippen molar-refractivity contribution in [3.63, 3.8) is 0 Å². The van der Waals surface area contributed by atoms with Gasteiger partial charge in [0.15, 0.2) is 11.5 Å². The molecule has 2 fully saturated rings. The number of aryl methyl sites for hydroxylation is 1. The Kier molecular flexibility index (Phi) is 7.55. The normalized spacial score (nSPS) is 19.8. The molecule has 1 aliphatic carbocycles. The van der Waals surface area contributed by atoms with E-state index in [4.69, 9.17) is 18.9 Å². The Morgan fingerprint density at radius 2 is 1.85 bits per heavy atom. The molecule has 1 atom stereocenters. The fourth-order valence-corrected chi connectivity index (χ4v) is 6.41. The van der Waals surface area contributed by atoms with E-state index >= 15 is 0 Å². The van der Waals surface area contributed by atoms with E-state index in [9.17, 15) is 4.79 Å². The second-order valence-electron chi connectivity index (χ2n) is 10.8. The first kappa shape index (κ1) is 25.9. The lowest BCUT2D eigenvalue weighted by molar-refractivity contribution is 0.0376. The summed E-state index contributed by atoms with van der Waals surface area (Å²) in [7, 11) is 3.41. The number of nitrogens with zero attached hydrogens (tertiary/aromatic N) is 2. The van der Waals surface area contributed by atoms with E-state index in [1.165, 1.54) is 29.5 Å². The number of amides is 2. The van der Waals surface area contributed by atoms with Crippen molar-refractivity contribution in [1.29, 1.82) is 0 Å². The summed E-state index contributed by atoms with van der Waals surface area (Å²) in [6.45, 7) is 3.14. The molecule has 1 N–H and O–H groups in total. The third-order valence-electron chi connectivity index (χ3n) is 8.57. The summed E-state index contributed by atoms with van der Waals surface area (Å²) in [4.78, 5) is 21.3. The van der Waals surface area contributed by atoms with Crippen molar-refractivity contribution in [1.82, 2.24) is 14.8 Å². The Labute approximate surface area is 230 Å². The van der Waals surface area contributed by atoms with E-state index in [2.05, 4.69) is 40.3 Å². The van der Waals surface area contributed by atoms with Crippen LogP contribution < -0.4 is 14.2 Å². The molecule has 3 aromatic rings. The van der Waals surface area contributed by atoms with Gasteiger partial charge in [-0.25, -0.2) is 4.79 Å². The number of aromatic nitrogens is 1. The second-order valence-corrected chi connectivity index (χ2v) is 10.8.